The molecule has 3 saturated carbocycles. The van der Waals surface area contributed by atoms with Crippen molar-refractivity contribution in [3.05, 3.63) is 11.6 Å². The van der Waals surface area contributed by atoms with E-state index in [0.717, 1.165) is 38.5 Å². The molecule has 1 spiro atoms. The predicted octanol–water partition coefficient (Wildman–Crippen LogP) is -2.99. The van der Waals surface area contributed by atoms with Crippen molar-refractivity contribution in [3.8, 4) is 0 Å². The third-order valence-corrected chi connectivity index (χ3v) is 19.8. The van der Waals surface area contributed by atoms with Gasteiger partial charge in [0.15, 0.2) is 30.9 Å². The molecule has 6 heterocycles. The smallest absolute Gasteiger partial charge is 0.187 e. The molecule has 9 fully saturated rings. The molecule has 424 valence electrons. The molecule has 6 aliphatic heterocycles. The second kappa shape index (κ2) is 21.4. The molecule has 13 N–H and O–H groups in total. The lowest BCUT2D eigenvalue weighted by atomic mass is 9.46. The van der Waals surface area contributed by atoms with Crippen LogP contribution in [0.15, 0.2) is 11.6 Å². The standard InChI is InChI=1S/C51H82O23/c1-19-8-13-51(65-18-19)20(2)29-44(74-51)43(73-45-37(61)33(57)31(55)21(3)66-45)30-24-7-6-22-14-23(9-11-49(22,4)25(24)10-12-50(29,30)5)67-46-39(63)35(59)41(27(16-53)69-46)72-48-40(64)36(60)42(28(17-54)70-48)71-47-38(62)34(58)32(56)26(15-52)68-47/h6,19-21,23-48,52-64H,7-18H2,1-5H3/t19-,20-,21-,23-,24+,25-,26+,27+,28+,29-,30+,31-,32+,33+,34-,35+,36+,37+,38+,39+,40+,41+,42+,43+,44+,45-,46+,47-,48-,49-,50+,51+/m0/s1. The van der Waals surface area contributed by atoms with Crippen LogP contribution in [0.5, 0.6) is 0 Å². The molecule has 0 aromatic carbocycles. The number of hydrogen-bond donors (Lipinski definition) is 13. The van der Waals surface area contributed by atoms with Crippen LogP contribution in [-0.4, -0.2) is 240 Å². The van der Waals surface area contributed by atoms with Crippen molar-refractivity contribution >= 4 is 0 Å². The average molecular weight is 1060 g/mol. The molecule has 0 radical (unpaired) electrons. The van der Waals surface area contributed by atoms with Gasteiger partial charge < -0.3 is 114 Å². The van der Waals surface area contributed by atoms with Gasteiger partial charge in [-0.25, -0.2) is 0 Å². The van der Waals surface area contributed by atoms with Crippen LogP contribution in [0.4, 0.5) is 0 Å². The van der Waals surface area contributed by atoms with Gasteiger partial charge in [0.1, 0.15) is 91.6 Å². The number of allylic oxidation sites excluding steroid dienone is 1. The maximum absolute atomic E-state index is 11.5. The highest BCUT2D eigenvalue weighted by atomic mass is 16.8. The van der Waals surface area contributed by atoms with E-state index in [4.69, 9.17) is 47.4 Å². The fourth-order valence-electron chi connectivity index (χ4n) is 15.6. The van der Waals surface area contributed by atoms with Gasteiger partial charge in [-0.05, 0) is 86.4 Å². The normalized spacial score (nSPS) is 57.5. The minimum Gasteiger partial charge on any atom is -0.394 e. The third kappa shape index (κ3) is 9.29. The monoisotopic (exact) mass is 1060 g/mol. The molecular weight excluding hydrogens is 981 g/mol. The van der Waals surface area contributed by atoms with Crippen LogP contribution in [0.2, 0.25) is 0 Å². The number of aliphatic hydroxyl groups excluding tert-OH is 13. The Labute approximate surface area is 430 Å². The topological polar surface area (TPSA) is 355 Å². The van der Waals surface area contributed by atoms with Gasteiger partial charge in [-0.3, -0.25) is 0 Å². The maximum atomic E-state index is 11.5. The van der Waals surface area contributed by atoms with E-state index in [1.54, 1.807) is 6.92 Å². The highest BCUT2D eigenvalue weighted by molar-refractivity contribution is 5.28. The molecule has 32 atom stereocenters. The fourth-order valence-corrected chi connectivity index (χ4v) is 15.6. The Balaban J connectivity index is 0.810. The Kier molecular flexibility index (Phi) is 16.2. The molecule has 4 aliphatic carbocycles. The number of rotatable bonds is 11. The molecule has 23 heteroatoms. The van der Waals surface area contributed by atoms with E-state index in [2.05, 4.69) is 33.8 Å². The summed E-state index contributed by atoms with van der Waals surface area (Å²) in [4.78, 5) is 0. The Morgan fingerprint density at radius 3 is 1.68 bits per heavy atom. The van der Waals surface area contributed by atoms with Gasteiger partial charge in [0, 0.05) is 18.3 Å². The summed E-state index contributed by atoms with van der Waals surface area (Å²) in [5.41, 5.74) is 0.736. The first-order valence-corrected chi connectivity index (χ1v) is 27.0. The number of aliphatic hydroxyl groups is 13. The molecule has 0 aromatic heterocycles. The zero-order valence-electron chi connectivity index (χ0n) is 42.7. The Hall–Kier alpha value is -1.18. The summed E-state index contributed by atoms with van der Waals surface area (Å²) in [6.07, 6.45) is -24.1. The van der Waals surface area contributed by atoms with Crippen LogP contribution in [0.1, 0.15) is 86.0 Å². The van der Waals surface area contributed by atoms with Crippen molar-refractivity contribution in [1.29, 1.82) is 0 Å². The van der Waals surface area contributed by atoms with E-state index in [1.165, 1.54) is 5.57 Å². The maximum Gasteiger partial charge on any atom is 0.187 e. The largest absolute Gasteiger partial charge is 0.394 e. The molecule has 74 heavy (non-hydrogen) atoms. The molecule has 23 nitrogen and oxygen atoms in total. The molecule has 10 aliphatic rings. The Bertz CT molecular complexity index is 1950. The predicted molar refractivity (Wildman–Crippen MR) is 248 cm³/mol. The van der Waals surface area contributed by atoms with Crippen molar-refractivity contribution in [2.45, 2.75) is 233 Å². The first-order valence-electron chi connectivity index (χ1n) is 27.0. The zero-order chi connectivity index (χ0) is 53.1. The van der Waals surface area contributed by atoms with Gasteiger partial charge in [-0.1, -0.05) is 39.3 Å². The number of fused-ring (bicyclic) bond motifs is 7. The van der Waals surface area contributed by atoms with Crippen molar-refractivity contribution in [2.75, 3.05) is 26.4 Å². The lowest BCUT2D eigenvalue weighted by Crippen LogP contribution is -2.66. The van der Waals surface area contributed by atoms with Gasteiger partial charge >= 0.3 is 0 Å². The van der Waals surface area contributed by atoms with Crippen LogP contribution >= 0.6 is 0 Å². The molecular formula is C51H82O23. The third-order valence-electron chi connectivity index (χ3n) is 19.8. The van der Waals surface area contributed by atoms with Crippen molar-refractivity contribution in [3.63, 3.8) is 0 Å². The number of hydrogen-bond acceptors (Lipinski definition) is 23. The van der Waals surface area contributed by atoms with Crippen molar-refractivity contribution < 1.29 is 114 Å². The summed E-state index contributed by atoms with van der Waals surface area (Å²) in [5, 5.41) is 139. The number of ether oxygens (including phenoxy) is 10. The SMILES string of the molecule is C[C@H]1CC[C@@]2(OC1)O[C@H]1[C@H](O[C@@H]3O[C@@H](C)[C@H](O)[C@@H](O)[C@H]3O)[C@H]3[C@@H]4CC=C5C[C@@H](O[C@@H]6O[C@H](CO)[C@@H](O[C@@H]7O[C@H](CO)[C@@H](O[C@@H]8O[C@H](CO)[C@@H](O)[C@H](O)[C@H]8O)[C@H](O)[C@H]7O)[C@H](O)[C@H]6O)CC[C@]5(C)[C@H]4CC[C@]3(C)[C@H]1[C@@H]2C. The molecule has 0 amide bonds. The first kappa shape index (κ1) is 56.1. The summed E-state index contributed by atoms with van der Waals surface area (Å²) >= 11 is 0. The Morgan fingerprint density at radius 2 is 1.09 bits per heavy atom. The summed E-state index contributed by atoms with van der Waals surface area (Å²) in [6.45, 7) is 9.02. The minimum absolute atomic E-state index is 0.0145. The summed E-state index contributed by atoms with van der Waals surface area (Å²) in [6, 6.07) is 0. The lowest BCUT2D eigenvalue weighted by molar-refractivity contribution is -0.381. The van der Waals surface area contributed by atoms with Gasteiger partial charge in [0.25, 0.3) is 0 Å². The zero-order valence-corrected chi connectivity index (χ0v) is 42.7. The summed E-state index contributed by atoms with van der Waals surface area (Å²) in [5.74, 6) is 0.178. The van der Waals surface area contributed by atoms with E-state index < -0.39 is 161 Å². The van der Waals surface area contributed by atoms with Crippen molar-refractivity contribution in [2.24, 2.45) is 46.3 Å². The molecule has 10 rings (SSSR count). The van der Waals surface area contributed by atoms with Crippen molar-refractivity contribution in [1.82, 2.24) is 0 Å². The fraction of sp³-hybridized carbons (Fsp3) is 0.961. The minimum atomic E-state index is -1.95. The van der Waals surface area contributed by atoms with Gasteiger partial charge in [0.2, 0.25) is 0 Å². The quantitative estimate of drug-likeness (QED) is 0.0918. The lowest BCUT2D eigenvalue weighted by Gasteiger charge is -2.59. The molecule has 0 aromatic rings. The van der Waals surface area contributed by atoms with E-state index in [0.29, 0.717) is 25.4 Å². The highest BCUT2D eigenvalue weighted by Crippen LogP contribution is 2.71. The molecule has 0 unspecified atom stereocenters. The van der Waals surface area contributed by atoms with Crippen LogP contribution < -0.4 is 0 Å². The summed E-state index contributed by atoms with van der Waals surface area (Å²) in [7, 11) is 0. The second-order valence-electron chi connectivity index (χ2n) is 24.0. The van der Waals surface area contributed by atoms with Gasteiger partial charge in [-0.15, -0.1) is 0 Å². The van der Waals surface area contributed by atoms with Crippen LogP contribution in [0.3, 0.4) is 0 Å². The Morgan fingerprint density at radius 1 is 0.554 bits per heavy atom. The van der Waals surface area contributed by atoms with Gasteiger partial charge in [0.05, 0.1) is 50.8 Å². The molecule has 6 saturated heterocycles. The second-order valence-corrected chi connectivity index (χ2v) is 24.0. The van der Waals surface area contributed by atoms with E-state index in [-0.39, 0.29) is 46.5 Å². The van der Waals surface area contributed by atoms with E-state index in [9.17, 15) is 66.4 Å². The average Bonchev–Trinajstić information content (AvgIpc) is 3.81. The van der Waals surface area contributed by atoms with Crippen LogP contribution in [0, 0.1) is 46.3 Å². The van der Waals surface area contributed by atoms with E-state index in [1.807, 2.05) is 0 Å². The first-order chi connectivity index (χ1) is 35.1. The van der Waals surface area contributed by atoms with Crippen LogP contribution in [-0.2, 0) is 47.4 Å². The van der Waals surface area contributed by atoms with Gasteiger partial charge in [-0.2, -0.15) is 0 Å². The van der Waals surface area contributed by atoms with Crippen LogP contribution in [0.25, 0.3) is 0 Å². The van der Waals surface area contributed by atoms with E-state index >= 15 is 0 Å². The summed E-state index contributed by atoms with van der Waals surface area (Å²) < 4.78 is 62.0. The highest BCUT2D eigenvalue weighted by Gasteiger charge is 2.73. The molecule has 0 bridgehead atoms.